The molecule has 1 heterocycles. The molecule has 0 aliphatic carbocycles. The first-order chi connectivity index (χ1) is 7.59. The first kappa shape index (κ1) is 11.5. The minimum atomic E-state index is -0.858. The van der Waals surface area contributed by atoms with E-state index in [1.165, 1.54) is 6.07 Å². The molecule has 2 atom stereocenters. The van der Waals surface area contributed by atoms with Gasteiger partial charge < -0.3 is 10.4 Å². The van der Waals surface area contributed by atoms with Gasteiger partial charge in [-0.15, -0.1) is 0 Å². The highest BCUT2D eigenvalue weighted by Gasteiger charge is 2.33. The van der Waals surface area contributed by atoms with E-state index >= 15 is 0 Å². The molecule has 2 unspecified atom stereocenters. The van der Waals surface area contributed by atoms with Crippen LogP contribution >= 0.6 is 15.9 Å². The first-order valence-electron chi connectivity index (χ1n) is 5.00. The van der Waals surface area contributed by atoms with Crippen molar-refractivity contribution in [1.29, 1.82) is 0 Å². The molecule has 1 aliphatic heterocycles. The normalized spacial score (nSPS) is 24.6. The average molecular weight is 288 g/mol. The zero-order valence-corrected chi connectivity index (χ0v) is 10.00. The molecule has 86 valence electrons. The molecular weight excluding hydrogens is 277 g/mol. The van der Waals surface area contributed by atoms with Crippen LogP contribution in [0.5, 0.6) is 0 Å². The molecule has 0 spiro atoms. The number of aliphatic carboxylic acids is 1. The lowest BCUT2D eigenvalue weighted by Gasteiger charge is -2.16. The van der Waals surface area contributed by atoms with Gasteiger partial charge in [0.1, 0.15) is 11.9 Å². The van der Waals surface area contributed by atoms with Crippen LogP contribution in [-0.4, -0.2) is 23.7 Å². The average Bonchev–Trinajstić information content (AvgIpc) is 2.71. The second kappa shape index (κ2) is 4.51. The fourth-order valence-corrected chi connectivity index (χ4v) is 2.46. The molecule has 16 heavy (non-hydrogen) atoms. The number of carboxylic acids is 1. The quantitative estimate of drug-likeness (QED) is 0.876. The van der Waals surface area contributed by atoms with Gasteiger partial charge in [-0.25, -0.2) is 4.39 Å². The third-order valence-corrected chi connectivity index (χ3v) is 3.47. The van der Waals surface area contributed by atoms with Gasteiger partial charge in [-0.05, 0) is 46.6 Å². The lowest BCUT2D eigenvalue weighted by atomic mass is 9.92. The Morgan fingerprint density at radius 2 is 2.31 bits per heavy atom. The highest BCUT2D eigenvalue weighted by Crippen LogP contribution is 2.30. The van der Waals surface area contributed by atoms with E-state index in [-0.39, 0.29) is 11.7 Å². The number of halogens is 2. The van der Waals surface area contributed by atoms with Gasteiger partial charge in [-0.3, -0.25) is 4.79 Å². The van der Waals surface area contributed by atoms with Crippen LogP contribution in [0, 0.1) is 5.82 Å². The molecule has 3 nitrogen and oxygen atoms in total. The Balaban J connectivity index is 2.29. The molecule has 1 aliphatic rings. The lowest BCUT2D eigenvalue weighted by molar-refractivity contribution is -0.139. The van der Waals surface area contributed by atoms with E-state index < -0.39 is 12.0 Å². The van der Waals surface area contributed by atoms with Crippen molar-refractivity contribution in [3.05, 3.63) is 34.1 Å². The second-order valence-corrected chi connectivity index (χ2v) is 4.69. The maximum atomic E-state index is 13.1. The molecule has 1 saturated heterocycles. The predicted octanol–water partition coefficient (Wildman–Crippen LogP) is 2.12. The summed E-state index contributed by atoms with van der Waals surface area (Å²) in [6.45, 7) is 0.677. The molecule has 2 rings (SSSR count). The molecule has 0 amide bonds. The summed E-state index contributed by atoms with van der Waals surface area (Å²) in [6.07, 6.45) is 0.759. The van der Waals surface area contributed by atoms with E-state index in [4.69, 9.17) is 5.11 Å². The molecule has 1 aromatic carbocycles. The Bertz CT molecular complexity index is 424. The van der Waals surface area contributed by atoms with Gasteiger partial charge in [0.2, 0.25) is 0 Å². The van der Waals surface area contributed by atoms with Gasteiger partial charge in [0, 0.05) is 5.92 Å². The van der Waals surface area contributed by atoms with E-state index in [9.17, 15) is 9.18 Å². The molecule has 2 N–H and O–H groups in total. The monoisotopic (exact) mass is 287 g/mol. The summed E-state index contributed by atoms with van der Waals surface area (Å²) in [7, 11) is 0. The fourth-order valence-electron chi connectivity index (χ4n) is 2.06. The summed E-state index contributed by atoms with van der Waals surface area (Å²) in [5.74, 6) is -1.28. The minimum absolute atomic E-state index is 0.0885. The molecular formula is C11H11BrFNO2. The number of carbonyl (C=O) groups is 1. The van der Waals surface area contributed by atoms with Crippen molar-refractivity contribution in [1.82, 2.24) is 5.32 Å². The van der Waals surface area contributed by atoms with E-state index in [2.05, 4.69) is 21.2 Å². The van der Waals surface area contributed by atoms with Crippen LogP contribution in [0.3, 0.4) is 0 Å². The van der Waals surface area contributed by atoms with Gasteiger partial charge in [-0.2, -0.15) is 0 Å². The van der Waals surface area contributed by atoms with Crippen LogP contribution in [0.15, 0.2) is 22.7 Å². The largest absolute Gasteiger partial charge is 0.480 e. The van der Waals surface area contributed by atoms with Gasteiger partial charge >= 0.3 is 5.97 Å². The maximum Gasteiger partial charge on any atom is 0.321 e. The van der Waals surface area contributed by atoms with Crippen LogP contribution in [0.2, 0.25) is 0 Å². The maximum absolute atomic E-state index is 13.1. The second-order valence-electron chi connectivity index (χ2n) is 3.84. The van der Waals surface area contributed by atoms with Crippen molar-refractivity contribution in [2.24, 2.45) is 0 Å². The number of hydrogen-bond acceptors (Lipinski definition) is 2. The summed E-state index contributed by atoms with van der Waals surface area (Å²) in [4.78, 5) is 11.0. The van der Waals surface area contributed by atoms with Gasteiger partial charge in [-0.1, -0.05) is 6.07 Å². The number of carboxylic acid groups (broad SMARTS) is 1. The Kier molecular flexibility index (Phi) is 3.25. The van der Waals surface area contributed by atoms with E-state index in [0.29, 0.717) is 11.0 Å². The van der Waals surface area contributed by atoms with Crippen LogP contribution < -0.4 is 5.32 Å². The van der Waals surface area contributed by atoms with Crippen molar-refractivity contribution >= 4 is 21.9 Å². The third-order valence-electron chi connectivity index (χ3n) is 2.86. The number of rotatable bonds is 2. The number of nitrogens with one attached hydrogen (secondary N) is 1. The van der Waals surface area contributed by atoms with E-state index in [1.807, 2.05) is 0 Å². The molecule has 0 radical (unpaired) electrons. The Morgan fingerprint density at radius 1 is 1.56 bits per heavy atom. The van der Waals surface area contributed by atoms with Crippen LogP contribution in [0.4, 0.5) is 4.39 Å². The highest BCUT2D eigenvalue weighted by atomic mass is 79.9. The topological polar surface area (TPSA) is 49.3 Å². The van der Waals surface area contributed by atoms with Crippen LogP contribution in [0.1, 0.15) is 17.9 Å². The molecule has 5 heteroatoms. The molecule has 0 saturated carbocycles. The smallest absolute Gasteiger partial charge is 0.321 e. The van der Waals surface area contributed by atoms with E-state index in [0.717, 1.165) is 12.0 Å². The van der Waals surface area contributed by atoms with Gasteiger partial charge in [0.25, 0.3) is 0 Å². The van der Waals surface area contributed by atoms with Gasteiger partial charge in [0.15, 0.2) is 0 Å². The Labute approximate surface area is 101 Å². The first-order valence-corrected chi connectivity index (χ1v) is 5.80. The van der Waals surface area contributed by atoms with E-state index in [1.54, 1.807) is 12.1 Å². The number of benzene rings is 1. The molecule has 0 bridgehead atoms. The highest BCUT2D eigenvalue weighted by molar-refractivity contribution is 9.10. The zero-order valence-electron chi connectivity index (χ0n) is 8.41. The van der Waals surface area contributed by atoms with Crippen LogP contribution in [-0.2, 0) is 4.79 Å². The SMILES string of the molecule is O=C(O)C1NCCC1c1ccc(F)c(Br)c1. The third kappa shape index (κ3) is 2.10. The standard InChI is InChI=1S/C11H11BrFNO2/c12-8-5-6(1-2-9(8)13)7-3-4-14-10(7)11(15)16/h1-2,5,7,10,14H,3-4H2,(H,15,16). The fraction of sp³-hybridized carbons (Fsp3) is 0.364. The Morgan fingerprint density at radius 3 is 2.94 bits per heavy atom. The van der Waals surface area contributed by atoms with Crippen molar-refractivity contribution < 1.29 is 14.3 Å². The van der Waals surface area contributed by atoms with Crippen molar-refractivity contribution in [2.45, 2.75) is 18.4 Å². The van der Waals surface area contributed by atoms with Gasteiger partial charge in [0.05, 0.1) is 4.47 Å². The summed E-state index contributed by atoms with van der Waals surface area (Å²) in [5.41, 5.74) is 0.852. The zero-order chi connectivity index (χ0) is 11.7. The predicted molar refractivity (Wildman–Crippen MR) is 60.9 cm³/mol. The molecule has 1 aromatic rings. The summed E-state index contributed by atoms with van der Waals surface area (Å²) in [6, 6.07) is 4.09. The summed E-state index contributed by atoms with van der Waals surface area (Å²) >= 11 is 3.11. The minimum Gasteiger partial charge on any atom is -0.480 e. The van der Waals surface area contributed by atoms with Crippen molar-refractivity contribution in [3.63, 3.8) is 0 Å². The Hall–Kier alpha value is -0.940. The number of hydrogen-bond donors (Lipinski definition) is 2. The molecule has 0 aromatic heterocycles. The lowest BCUT2D eigenvalue weighted by Crippen LogP contribution is -2.34. The summed E-state index contributed by atoms with van der Waals surface area (Å²) in [5, 5.41) is 12.0. The van der Waals surface area contributed by atoms with Crippen molar-refractivity contribution in [2.75, 3.05) is 6.54 Å². The van der Waals surface area contributed by atoms with Crippen molar-refractivity contribution in [3.8, 4) is 0 Å². The molecule has 1 fully saturated rings. The summed E-state index contributed by atoms with van der Waals surface area (Å²) < 4.78 is 13.4. The van der Waals surface area contributed by atoms with Crippen LogP contribution in [0.25, 0.3) is 0 Å².